The molecule has 1 aliphatic rings. The fraction of sp³-hybridized carbons (Fsp3) is 0.500. The molecule has 0 bridgehead atoms. The molecule has 1 saturated heterocycles. The van der Waals surface area contributed by atoms with Gasteiger partial charge in [0.2, 0.25) is 0 Å². The monoisotopic (exact) mass is 276 g/mol. The summed E-state index contributed by atoms with van der Waals surface area (Å²) >= 11 is 12.0. The van der Waals surface area contributed by atoms with E-state index in [4.69, 9.17) is 23.2 Å². The van der Waals surface area contributed by atoms with Crippen LogP contribution in [0.25, 0.3) is 0 Å². The van der Waals surface area contributed by atoms with Crippen molar-refractivity contribution in [2.24, 2.45) is 0 Å². The van der Waals surface area contributed by atoms with Crippen LogP contribution in [0.5, 0.6) is 0 Å². The Labute approximate surface area is 111 Å². The minimum absolute atomic E-state index is 0.0525. The summed E-state index contributed by atoms with van der Waals surface area (Å²) in [5, 5.41) is 4.01. The highest BCUT2D eigenvalue weighted by Gasteiger charge is 2.23. The van der Waals surface area contributed by atoms with Crippen LogP contribution >= 0.6 is 23.2 Å². The molecule has 0 radical (unpaired) electrons. The van der Waals surface area contributed by atoms with Crippen LogP contribution in [0.2, 0.25) is 10.0 Å². The average Bonchev–Trinajstić information content (AvgIpc) is 2.35. The normalized spacial score (nSPS) is 19.3. The van der Waals surface area contributed by atoms with Gasteiger partial charge in [-0.1, -0.05) is 23.2 Å². The van der Waals surface area contributed by atoms with E-state index in [0.29, 0.717) is 15.6 Å². The lowest BCUT2D eigenvalue weighted by molar-refractivity contribution is 0.182. The van der Waals surface area contributed by atoms with Gasteiger partial charge in [0.25, 0.3) is 0 Å². The molecule has 5 heteroatoms. The van der Waals surface area contributed by atoms with E-state index in [1.54, 1.807) is 0 Å². The molecule has 1 atom stereocenters. The lowest BCUT2D eigenvalue weighted by Crippen LogP contribution is -2.44. The van der Waals surface area contributed by atoms with E-state index in [2.05, 4.69) is 10.2 Å². The Morgan fingerprint density at radius 2 is 1.94 bits per heavy atom. The molecule has 0 amide bonds. The molecule has 1 N–H and O–H groups in total. The van der Waals surface area contributed by atoms with Crippen molar-refractivity contribution < 1.29 is 4.39 Å². The first-order valence-corrected chi connectivity index (χ1v) is 6.45. The van der Waals surface area contributed by atoms with Crippen LogP contribution < -0.4 is 5.32 Å². The Hall–Kier alpha value is -0.350. The molecule has 1 aromatic rings. The van der Waals surface area contributed by atoms with Gasteiger partial charge in [0, 0.05) is 37.8 Å². The number of hydrogen-bond acceptors (Lipinski definition) is 2. The maximum absolute atomic E-state index is 13.9. The summed E-state index contributed by atoms with van der Waals surface area (Å²) in [4.78, 5) is 2.21. The third-order valence-corrected chi connectivity index (χ3v) is 4.02. The van der Waals surface area contributed by atoms with Gasteiger partial charge in [-0.05, 0) is 19.1 Å². The summed E-state index contributed by atoms with van der Waals surface area (Å²) in [5.74, 6) is -0.287. The standard InChI is InChI=1S/C12H15Cl2FN2/c1-8(17-6-4-16-5-7-17)11-10(15)3-2-9(13)12(11)14/h2-3,8,16H,4-7H2,1H3/t8-/m0/s1. The van der Waals surface area contributed by atoms with E-state index in [1.807, 2.05) is 6.92 Å². The Morgan fingerprint density at radius 3 is 2.59 bits per heavy atom. The van der Waals surface area contributed by atoms with Crippen molar-refractivity contribution in [1.29, 1.82) is 0 Å². The predicted octanol–water partition coefficient (Wildman–Crippen LogP) is 3.10. The van der Waals surface area contributed by atoms with E-state index < -0.39 is 0 Å². The van der Waals surface area contributed by atoms with Crippen LogP contribution in [0.1, 0.15) is 18.5 Å². The molecule has 17 heavy (non-hydrogen) atoms. The first kappa shape index (κ1) is 13.1. The zero-order valence-electron chi connectivity index (χ0n) is 9.64. The van der Waals surface area contributed by atoms with Crippen LogP contribution in [0.15, 0.2) is 12.1 Å². The molecule has 94 valence electrons. The zero-order chi connectivity index (χ0) is 12.4. The molecule has 2 rings (SSSR count). The van der Waals surface area contributed by atoms with Crippen molar-refractivity contribution in [2.75, 3.05) is 26.2 Å². The highest BCUT2D eigenvalue weighted by molar-refractivity contribution is 6.42. The SMILES string of the molecule is C[C@@H](c1c(F)ccc(Cl)c1Cl)N1CCNCC1. The van der Waals surface area contributed by atoms with Crippen molar-refractivity contribution in [3.63, 3.8) is 0 Å². The Bertz CT molecular complexity index is 406. The smallest absolute Gasteiger partial charge is 0.129 e. The van der Waals surface area contributed by atoms with Gasteiger partial charge in [0.1, 0.15) is 5.82 Å². The summed E-state index contributed by atoms with van der Waals surface area (Å²) in [5.41, 5.74) is 0.501. The number of halogens is 3. The Balaban J connectivity index is 2.29. The third kappa shape index (κ3) is 2.74. The first-order chi connectivity index (χ1) is 8.11. The Kier molecular flexibility index (Phi) is 4.26. The number of nitrogens with one attached hydrogen (secondary N) is 1. The molecule has 0 aromatic heterocycles. The minimum Gasteiger partial charge on any atom is -0.314 e. The molecule has 2 nitrogen and oxygen atoms in total. The highest BCUT2D eigenvalue weighted by atomic mass is 35.5. The van der Waals surface area contributed by atoms with Gasteiger partial charge in [-0.15, -0.1) is 0 Å². The second-order valence-electron chi connectivity index (χ2n) is 4.22. The molecule has 1 fully saturated rings. The van der Waals surface area contributed by atoms with Crippen molar-refractivity contribution in [1.82, 2.24) is 10.2 Å². The van der Waals surface area contributed by atoms with Crippen molar-refractivity contribution in [3.05, 3.63) is 33.6 Å². The fourth-order valence-corrected chi connectivity index (χ4v) is 2.65. The summed E-state index contributed by atoms with van der Waals surface area (Å²) in [7, 11) is 0. The molecule has 0 saturated carbocycles. The highest BCUT2D eigenvalue weighted by Crippen LogP contribution is 2.34. The summed E-state index contributed by atoms with van der Waals surface area (Å²) < 4.78 is 13.9. The maximum atomic E-state index is 13.9. The summed E-state index contributed by atoms with van der Waals surface area (Å²) in [6, 6.07) is 2.82. The number of piperazine rings is 1. The number of nitrogens with zero attached hydrogens (tertiary/aromatic N) is 1. The molecular weight excluding hydrogens is 262 g/mol. The summed E-state index contributed by atoms with van der Waals surface area (Å²) in [6.07, 6.45) is 0. The lowest BCUT2D eigenvalue weighted by Gasteiger charge is -2.33. The van der Waals surface area contributed by atoms with Gasteiger partial charge >= 0.3 is 0 Å². The topological polar surface area (TPSA) is 15.3 Å². The molecule has 1 heterocycles. The largest absolute Gasteiger partial charge is 0.314 e. The second kappa shape index (κ2) is 5.53. The van der Waals surface area contributed by atoms with E-state index in [1.165, 1.54) is 12.1 Å². The molecule has 0 aliphatic carbocycles. The fourth-order valence-electron chi connectivity index (χ4n) is 2.18. The van der Waals surface area contributed by atoms with Gasteiger partial charge < -0.3 is 5.32 Å². The van der Waals surface area contributed by atoms with Crippen molar-refractivity contribution in [2.45, 2.75) is 13.0 Å². The van der Waals surface area contributed by atoms with Crippen LogP contribution in [0, 0.1) is 5.82 Å². The van der Waals surface area contributed by atoms with Crippen LogP contribution in [-0.4, -0.2) is 31.1 Å². The zero-order valence-corrected chi connectivity index (χ0v) is 11.2. The van der Waals surface area contributed by atoms with Gasteiger partial charge in [0.05, 0.1) is 10.0 Å². The van der Waals surface area contributed by atoms with Crippen molar-refractivity contribution >= 4 is 23.2 Å². The van der Waals surface area contributed by atoms with Gasteiger partial charge in [-0.2, -0.15) is 0 Å². The molecule has 1 aliphatic heterocycles. The van der Waals surface area contributed by atoms with Crippen LogP contribution in [-0.2, 0) is 0 Å². The first-order valence-electron chi connectivity index (χ1n) is 5.69. The molecular formula is C12H15Cl2FN2. The van der Waals surface area contributed by atoms with Gasteiger partial charge in [-0.3, -0.25) is 4.90 Å². The van der Waals surface area contributed by atoms with E-state index in [9.17, 15) is 4.39 Å². The van der Waals surface area contributed by atoms with Crippen molar-refractivity contribution in [3.8, 4) is 0 Å². The second-order valence-corrected chi connectivity index (χ2v) is 5.00. The van der Waals surface area contributed by atoms with Gasteiger partial charge in [0.15, 0.2) is 0 Å². The molecule has 0 unspecified atom stereocenters. The van der Waals surface area contributed by atoms with Gasteiger partial charge in [-0.25, -0.2) is 4.39 Å². The Morgan fingerprint density at radius 1 is 1.29 bits per heavy atom. The predicted molar refractivity (Wildman–Crippen MR) is 69.3 cm³/mol. The van der Waals surface area contributed by atoms with Crippen LogP contribution in [0.3, 0.4) is 0 Å². The van der Waals surface area contributed by atoms with E-state index in [0.717, 1.165) is 26.2 Å². The quantitative estimate of drug-likeness (QED) is 0.836. The third-order valence-electron chi connectivity index (χ3n) is 3.20. The summed E-state index contributed by atoms with van der Waals surface area (Å²) in [6.45, 7) is 5.59. The molecule has 1 aromatic carbocycles. The lowest BCUT2D eigenvalue weighted by atomic mass is 10.1. The maximum Gasteiger partial charge on any atom is 0.129 e. The van der Waals surface area contributed by atoms with E-state index >= 15 is 0 Å². The number of hydrogen-bond donors (Lipinski definition) is 1. The minimum atomic E-state index is -0.287. The van der Waals surface area contributed by atoms with E-state index in [-0.39, 0.29) is 11.9 Å². The average molecular weight is 277 g/mol. The number of rotatable bonds is 2. The molecule has 0 spiro atoms. The number of benzene rings is 1. The van der Waals surface area contributed by atoms with Crippen LogP contribution in [0.4, 0.5) is 4.39 Å².